The normalized spacial score (nSPS) is 20.7. The van der Waals surface area contributed by atoms with Gasteiger partial charge in [0.25, 0.3) is 0 Å². The lowest BCUT2D eigenvalue weighted by molar-refractivity contribution is -0.135. The van der Waals surface area contributed by atoms with Gasteiger partial charge in [-0.3, -0.25) is 9.69 Å². The van der Waals surface area contributed by atoms with Crippen molar-refractivity contribution >= 4 is 30.1 Å². The number of carbonyl (C=O) groups is 2. The Balaban J connectivity index is 0.00000243. The van der Waals surface area contributed by atoms with E-state index in [1.165, 1.54) is 11.0 Å². The van der Waals surface area contributed by atoms with Crippen LogP contribution in [0.1, 0.15) is 24.3 Å². The molecule has 9 heteroatoms. The molecule has 2 amide bonds. The second-order valence-electron chi connectivity index (χ2n) is 6.37. The van der Waals surface area contributed by atoms with Crippen LogP contribution in [-0.2, 0) is 9.53 Å². The molecule has 2 saturated heterocycles. The van der Waals surface area contributed by atoms with E-state index >= 15 is 0 Å². The second-order valence-corrected chi connectivity index (χ2v) is 6.37. The summed E-state index contributed by atoms with van der Waals surface area (Å²) in [6, 6.07) is 4.76. The molecule has 0 radical (unpaired) electrons. The number of nitrogens with zero attached hydrogens (tertiary/aromatic N) is 2. The highest BCUT2D eigenvalue weighted by Gasteiger charge is 2.32. The smallest absolute Gasteiger partial charge is 0.414 e. The first kappa shape index (κ1) is 20.4. The standard InChI is InChI=1S/C17H22FN3O4.ClH/c18-15-7-12(21-9-13(8-19)25-17(21)24)1-2-14(15)11-3-5-20(6-4-11)16(23)10-22;/h1-2,7,11,13,22H,3-6,8-10,19H2;1H/t13-;/m0./s1. The molecular formula is C17H23ClFN3O4. The Morgan fingerprint density at radius 1 is 1.35 bits per heavy atom. The number of hydrogen-bond donors (Lipinski definition) is 2. The van der Waals surface area contributed by atoms with E-state index in [4.69, 9.17) is 15.6 Å². The van der Waals surface area contributed by atoms with Crippen molar-refractivity contribution in [2.24, 2.45) is 5.73 Å². The van der Waals surface area contributed by atoms with Crippen molar-refractivity contribution in [3.05, 3.63) is 29.6 Å². The molecule has 0 aliphatic carbocycles. The van der Waals surface area contributed by atoms with Gasteiger partial charge in [0.1, 0.15) is 18.5 Å². The number of likely N-dealkylation sites (tertiary alicyclic amines) is 1. The van der Waals surface area contributed by atoms with Crippen LogP contribution >= 0.6 is 12.4 Å². The van der Waals surface area contributed by atoms with E-state index in [9.17, 15) is 14.0 Å². The largest absolute Gasteiger partial charge is 0.443 e. The molecule has 3 rings (SSSR count). The number of carbonyl (C=O) groups excluding carboxylic acids is 2. The van der Waals surface area contributed by atoms with Crippen molar-refractivity contribution in [1.82, 2.24) is 4.90 Å². The van der Waals surface area contributed by atoms with E-state index in [1.54, 1.807) is 17.0 Å². The Kier molecular flexibility index (Phi) is 6.80. The summed E-state index contributed by atoms with van der Waals surface area (Å²) >= 11 is 0. The van der Waals surface area contributed by atoms with Crippen LogP contribution in [0, 0.1) is 5.82 Å². The van der Waals surface area contributed by atoms with E-state index in [2.05, 4.69) is 0 Å². The van der Waals surface area contributed by atoms with Crippen molar-refractivity contribution < 1.29 is 23.8 Å². The van der Waals surface area contributed by atoms with Gasteiger partial charge in [-0.1, -0.05) is 6.07 Å². The fourth-order valence-corrected chi connectivity index (χ4v) is 3.41. The van der Waals surface area contributed by atoms with Crippen molar-refractivity contribution in [3.63, 3.8) is 0 Å². The van der Waals surface area contributed by atoms with Gasteiger partial charge in [0, 0.05) is 19.6 Å². The van der Waals surface area contributed by atoms with Gasteiger partial charge in [0.2, 0.25) is 5.91 Å². The topological polar surface area (TPSA) is 96.1 Å². The van der Waals surface area contributed by atoms with Crippen LogP contribution in [0.4, 0.5) is 14.9 Å². The lowest BCUT2D eigenvalue weighted by Crippen LogP contribution is -2.39. The minimum Gasteiger partial charge on any atom is -0.443 e. The zero-order valence-electron chi connectivity index (χ0n) is 14.3. The number of ether oxygens (including phenoxy) is 1. The average Bonchev–Trinajstić information content (AvgIpc) is 3.02. The summed E-state index contributed by atoms with van der Waals surface area (Å²) < 4.78 is 19.7. The number of amides is 2. The van der Waals surface area contributed by atoms with Gasteiger partial charge >= 0.3 is 6.09 Å². The lowest BCUT2D eigenvalue weighted by atomic mass is 9.89. The molecule has 1 aromatic carbocycles. The fraction of sp³-hybridized carbons (Fsp3) is 0.529. The first-order chi connectivity index (χ1) is 12.0. The Bertz CT molecular complexity index is 667. The molecule has 2 aliphatic rings. The third-order valence-corrected chi connectivity index (χ3v) is 4.86. The predicted octanol–water partition coefficient (Wildman–Crippen LogP) is 1.23. The Labute approximate surface area is 157 Å². The number of rotatable bonds is 4. The molecule has 0 bridgehead atoms. The first-order valence-corrected chi connectivity index (χ1v) is 8.39. The summed E-state index contributed by atoms with van der Waals surface area (Å²) in [7, 11) is 0. The molecule has 0 aromatic heterocycles. The molecule has 3 N–H and O–H groups in total. The molecule has 144 valence electrons. The van der Waals surface area contributed by atoms with Gasteiger partial charge in [-0.25, -0.2) is 9.18 Å². The number of hydrogen-bond acceptors (Lipinski definition) is 5. The minimum absolute atomic E-state index is 0. The highest BCUT2D eigenvalue weighted by molar-refractivity contribution is 5.89. The molecule has 0 spiro atoms. The van der Waals surface area contributed by atoms with E-state index < -0.39 is 12.7 Å². The van der Waals surface area contributed by atoms with Crippen molar-refractivity contribution in [2.45, 2.75) is 24.9 Å². The van der Waals surface area contributed by atoms with Crippen LogP contribution in [0.15, 0.2) is 18.2 Å². The molecule has 2 heterocycles. The number of aliphatic hydroxyl groups excluding tert-OH is 1. The molecule has 1 atom stereocenters. The molecule has 26 heavy (non-hydrogen) atoms. The van der Waals surface area contributed by atoms with Crippen LogP contribution in [0.2, 0.25) is 0 Å². The molecule has 0 unspecified atom stereocenters. The Morgan fingerprint density at radius 2 is 2.04 bits per heavy atom. The van der Waals surface area contributed by atoms with Crippen LogP contribution in [0.25, 0.3) is 0 Å². The van der Waals surface area contributed by atoms with Gasteiger partial charge in [-0.15, -0.1) is 12.4 Å². The number of halogens is 2. The minimum atomic E-state index is -0.515. The fourth-order valence-electron chi connectivity index (χ4n) is 3.41. The highest BCUT2D eigenvalue weighted by atomic mass is 35.5. The Morgan fingerprint density at radius 3 is 2.58 bits per heavy atom. The van der Waals surface area contributed by atoms with Gasteiger partial charge in [0.05, 0.1) is 12.2 Å². The molecule has 0 saturated carbocycles. The van der Waals surface area contributed by atoms with E-state index in [0.29, 0.717) is 43.7 Å². The SMILES string of the molecule is Cl.NC[C@H]1CN(c2ccc(C3CCN(C(=O)CO)CC3)c(F)c2)C(=O)O1. The zero-order valence-corrected chi connectivity index (χ0v) is 15.1. The summed E-state index contributed by atoms with van der Waals surface area (Å²) in [6.45, 7) is 1.05. The number of benzene rings is 1. The summed E-state index contributed by atoms with van der Waals surface area (Å²) in [5, 5.41) is 8.90. The van der Waals surface area contributed by atoms with E-state index in [-0.39, 0.29) is 42.7 Å². The first-order valence-electron chi connectivity index (χ1n) is 8.39. The van der Waals surface area contributed by atoms with Crippen molar-refractivity contribution in [2.75, 3.05) is 37.7 Å². The number of cyclic esters (lactones) is 1. The van der Waals surface area contributed by atoms with Crippen LogP contribution in [0.3, 0.4) is 0 Å². The number of anilines is 1. The monoisotopic (exact) mass is 387 g/mol. The number of piperidine rings is 1. The molecule has 2 fully saturated rings. The van der Waals surface area contributed by atoms with Crippen molar-refractivity contribution in [1.29, 1.82) is 0 Å². The number of aliphatic hydroxyl groups is 1. The summed E-state index contributed by atoms with van der Waals surface area (Å²) in [5.41, 5.74) is 6.55. The second kappa shape index (κ2) is 8.66. The summed E-state index contributed by atoms with van der Waals surface area (Å²) in [6.07, 6.45) is 0.397. The van der Waals surface area contributed by atoms with Gasteiger partial charge in [-0.2, -0.15) is 0 Å². The van der Waals surface area contributed by atoms with Gasteiger partial charge in [-0.05, 0) is 36.5 Å². The lowest BCUT2D eigenvalue weighted by Gasteiger charge is -2.32. The highest BCUT2D eigenvalue weighted by Crippen LogP contribution is 2.32. The summed E-state index contributed by atoms with van der Waals surface area (Å²) in [4.78, 5) is 26.3. The molecule has 7 nitrogen and oxygen atoms in total. The molecule has 2 aliphatic heterocycles. The maximum Gasteiger partial charge on any atom is 0.414 e. The van der Waals surface area contributed by atoms with Crippen LogP contribution in [0.5, 0.6) is 0 Å². The van der Waals surface area contributed by atoms with Gasteiger partial charge in [0.15, 0.2) is 0 Å². The van der Waals surface area contributed by atoms with E-state index in [0.717, 1.165) is 0 Å². The van der Waals surface area contributed by atoms with Crippen molar-refractivity contribution in [3.8, 4) is 0 Å². The third-order valence-electron chi connectivity index (χ3n) is 4.86. The maximum absolute atomic E-state index is 14.6. The van der Waals surface area contributed by atoms with Crippen LogP contribution in [-0.4, -0.2) is 60.9 Å². The zero-order chi connectivity index (χ0) is 18.0. The maximum atomic E-state index is 14.6. The predicted molar refractivity (Wildman–Crippen MR) is 96.0 cm³/mol. The third kappa shape index (κ3) is 4.08. The van der Waals surface area contributed by atoms with Gasteiger partial charge < -0.3 is 20.5 Å². The number of nitrogens with two attached hydrogens (primary N) is 1. The molecular weight excluding hydrogens is 365 g/mol. The Hall–Kier alpha value is -1.90. The van der Waals surface area contributed by atoms with Crippen LogP contribution < -0.4 is 10.6 Å². The summed E-state index contributed by atoms with van der Waals surface area (Å²) in [5.74, 6) is -0.649. The quantitative estimate of drug-likeness (QED) is 0.810. The average molecular weight is 388 g/mol. The van der Waals surface area contributed by atoms with E-state index in [1.807, 2.05) is 0 Å². The molecule has 1 aromatic rings.